The summed E-state index contributed by atoms with van der Waals surface area (Å²) in [5.41, 5.74) is 1.24. The maximum Gasteiger partial charge on any atom is 0.226 e. The number of hydrogen-bond acceptors (Lipinski definition) is 4. The summed E-state index contributed by atoms with van der Waals surface area (Å²) in [6.45, 7) is 1.87. The molecule has 122 valence electrons. The molecule has 0 saturated heterocycles. The molecule has 3 aromatic rings. The number of carbonyl (C=O) groups excluding carboxylic acids is 1. The molecule has 0 saturated carbocycles. The second kappa shape index (κ2) is 7.04. The summed E-state index contributed by atoms with van der Waals surface area (Å²) in [6.07, 6.45) is 3.62. The SMILES string of the molecule is Cc1cccnc1NC(=O)CCc1ncc(-c2ccccc2F)o1. The van der Waals surface area contributed by atoms with Gasteiger partial charge in [0.15, 0.2) is 11.7 Å². The minimum atomic E-state index is -0.372. The summed E-state index contributed by atoms with van der Waals surface area (Å²) in [6, 6.07) is 10.00. The maximum atomic E-state index is 13.7. The van der Waals surface area contributed by atoms with Crippen LogP contribution in [0.2, 0.25) is 0 Å². The lowest BCUT2D eigenvalue weighted by atomic mass is 10.2. The Labute approximate surface area is 138 Å². The third-order valence-corrected chi connectivity index (χ3v) is 3.53. The van der Waals surface area contributed by atoms with Crippen molar-refractivity contribution >= 4 is 11.7 Å². The lowest BCUT2D eigenvalue weighted by Gasteiger charge is -2.05. The Hall–Kier alpha value is -3.02. The lowest BCUT2D eigenvalue weighted by Crippen LogP contribution is -2.14. The number of nitrogens with one attached hydrogen (secondary N) is 1. The van der Waals surface area contributed by atoms with Gasteiger partial charge in [-0.05, 0) is 30.7 Å². The second-order valence-corrected chi connectivity index (χ2v) is 5.32. The quantitative estimate of drug-likeness (QED) is 0.775. The van der Waals surface area contributed by atoms with E-state index in [2.05, 4.69) is 15.3 Å². The van der Waals surface area contributed by atoms with Crippen LogP contribution in [0, 0.1) is 12.7 Å². The van der Waals surface area contributed by atoms with E-state index in [9.17, 15) is 9.18 Å². The Morgan fingerprint density at radius 2 is 2.04 bits per heavy atom. The topological polar surface area (TPSA) is 68.0 Å². The normalized spacial score (nSPS) is 10.6. The van der Waals surface area contributed by atoms with Crippen LogP contribution in [0.25, 0.3) is 11.3 Å². The van der Waals surface area contributed by atoms with Gasteiger partial charge in [-0.25, -0.2) is 14.4 Å². The third kappa shape index (κ3) is 3.65. The van der Waals surface area contributed by atoms with Gasteiger partial charge >= 0.3 is 0 Å². The minimum absolute atomic E-state index is 0.178. The number of anilines is 1. The molecule has 3 rings (SSSR count). The van der Waals surface area contributed by atoms with Crippen molar-refractivity contribution in [2.24, 2.45) is 0 Å². The molecule has 1 N–H and O–H groups in total. The van der Waals surface area contributed by atoms with Gasteiger partial charge < -0.3 is 9.73 Å². The molecule has 0 aliphatic heterocycles. The highest BCUT2D eigenvalue weighted by Crippen LogP contribution is 2.23. The largest absolute Gasteiger partial charge is 0.441 e. The fraction of sp³-hybridized carbons (Fsp3) is 0.167. The van der Waals surface area contributed by atoms with Crippen molar-refractivity contribution in [3.05, 3.63) is 66.1 Å². The number of rotatable bonds is 5. The molecule has 0 bridgehead atoms. The van der Waals surface area contributed by atoms with E-state index in [1.165, 1.54) is 12.3 Å². The van der Waals surface area contributed by atoms with Crippen LogP contribution in [0.1, 0.15) is 17.9 Å². The molecule has 2 heterocycles. The van der Waals surface area contributed by atoms with E-state index in [0.29, 0.717) is 29.5 Å². The number of halogens is 1. The number of amides is 1. The van der Waals surface area contributed by atoms with E-state index >= 15 is 0 Å². The first kappa shape index (κ1) is 15.9. The van der Waals surface area contributed by atoms with Crippen LogP contribution >= 0.6 is 0 Å². The van der Waals surface area contributed by atoms with Gasteiger partial charge in [-0.1, -0.05) is 18.2 Å². The highest BCUT2D eigenvalue weighted by atomic mass is 19.1. The van der Waals surface area contributed by atoms with Crippen molar-refractivity contribution in [1.29, 1.82) is 0 Å². The number of aryl methyl sites for hydroxylation is 2. The molecule has 24 heavy (non-hydrogen) atoms. The summed E-state index contributed by atoms with van der Waals surface area (Å²) in [5.74, 6) is 0.734. The number of oxazole rings is 1. The smallest absolute Gasteiger partial charge is 0.226 e. The molecule has 0 radical (unpaired) electrons. The summed E-state index contributed by atoms with van der Waals surface area (Å²) in [7, 11) is 0. The van der Waals surface area contributed by atoms with E-state index in [1.54, 1.807) is 24.4 Å². The molecule has 2 aromatic heterocycles. The molecule has 5 nitrogen and oxygen atoms in total. The number of carbonyl (C=O) groups is 1. The van der Waals surface area contributed by atoms with Gasteiger partial charge in [0.05, 0.1) is 11.8 Å². The van der Waals surface area contributed by atoms with Crippen LogP contribution in [0.4, 0.5) is 10.2 Å². The van der Waals surface area contributed by atoms with Crippen LogP contribution in [-0.2, 0) is 11.2 Å². The van der Waals surface area contributed by atoms with Crippen molar-refractivity contribution in [3.8, 4) is 11.3 Å². The first-order valence-corrected chi connectivity index (χ1v) is 7.54. The molecule has 0 aliphatic rings. The molecule has 6 heteroatoms. The fourth-order valence-corrected chi connectivity index (χ4v) is 2.24. The number of pyridine rings is 1. The van der Waals surface area contributed by atoms with Crippen LogP contribution in [0.3, 0.4) is 0 Å². The molecule has 0 aliphatic carbocycles. The standard InChI is InChI=1S/C18H16FN3O2/c1-12-5-4-10-20-18(12)22-16(23)8-9-17-21-11-15(24-17)13-6-2-3-7-14(13)19/h2-7,10-11H,8-9H2,1H3,(H,20,22,23). The molecular weight excluding hydrogens is 309 g/mol. The van der Waals surface area contributed by atoms with Crippen molar-refractivity contribution in [1.82, 2.24) is 9.97 Å². The zero-order valence-corrected chi connectivity index (χ0v) is 13.1. The Balaban J connectivity index is 1.61. The molecule has 1 amide bonds. The molecular formula is C18H16FN3O2. The zero-order chi connectivity index (χ0) is 16.9. The third-order valence-electron chi connectivity index (χ3n) is 3.53. The van der Waals surface area contributed by atoms with Gasteiger partial charge in [0, 0.05) is 19.0 Å². The molecule has 1 aromatic carbocycles. The summed E-state index contributed by atoms with van der Waals surface area (Å²) in [4.78, 5) is 20.2. The van der Waals surface area contributed by atoms with Gasteiger partial charge in [-0.3, -0.25) is 4.79 Å². The Morgan fingerprint density at radius 3 is 2.83 bits per heavy atom. The van der Waals surface area contributed by atoms with Gasteiger partial charge in [0.25, 0.3) is 0 Å². The first-order chi connectivity index (χ1) is 11.6. The monoisotopic (exact) mass is 325 g/mol. The van der Waals surface area contributed by atoms with Gasteiger partial charge in [-0.15, -0.1) is 0 Å². The van der Waals surface area contributed by atoms with Gasteiger partial charge in [0.2, 0.25) is 5.91 Å². The molecule has 0 unspecified atom stereocenters. The lowest BCUT2D eigenvalue weighted by molar-refractivity contribution is -0.116. The summed E-state index contributed by atoms with van der Waals surface area (Å²) in [5, 5.41) is 2.75. The van der Waals surface area contributed by atoms with Gasteiger partial charge in [0.1, 0.15) is 11.6 Å². The zero-order valence-electron chi connectivity index (χ0n) is 13.1. The van der Waals surface area contributed by atoms with Crippen molar-refractivity contribution in [2.75, 3.05) is 5.32 Å². The second-order valence-electron chi connectivity index (χ2n) is 5.32. The van der Waals surface area contributed by atoms with E-state index in [0.717, 1.165) is 5.56 Å². The van der Waals surface area contributed by atoms with E-state index < -0.39 is 0 Å². The maximum absolute atomic E-state index is 13.7. The molecule has 0 atom stereocenters. The minimum Gasteiger partial charge on any atom is -0.441 e. The number of aromatic nitrogens is 2. The van der Waals surface area contributed by atoms with Crippen LogP contribution in [0.15, 0.2) is 53.2 Å². The Bertz CT molecular complexity index is 861. The van der Waals surface area contributed by atoms with Crippen LogP contribution in [0.5, 0.6) is 0 Å². The average Bonchev–Trinajstić information content (AvgIpc) is 3.04. The van der Waals surface area contributed by atoms with Crippen molar-refractivity contribution < 1.29 is 13.6 Å². The molecule has 0 spiro atoms. The highest BCUT2D eigenvalue weighted by molar-refractivity contribution is 5.90. The predicted octanol–water partition coefficient (Wildman–Crippen LogP) is 3.76. The van der Waals surface area contributed by atoms with E-state index in [1.807, 2.05) is 19.1 Å². The highest BCUT2D eigenvalue weighted by Gasteiger charge is 2.12. The van der Waals surface area contributed by atoms with Crippen LogP contribution in [-0.4, -0.2) is 15.9 Å². The molecule has 0 fully saturated rings. The van der Waals surface area contributed by atoms with Crippen molar-refractivity contribution in [2.45, 2.75) is 19.8 Å². The Kier molecular flexibility index (Phi) is 4.65. The van der Waals surface area contributed by atoms with Crippen LogP contribution < -0.4 is 5.32 Å². The summed E-state index contributed by atoms with van der Waals surface area (Å²) >= 11 is 0. The fourth-order valence-electron chi connectivity index (χ4n) is 2.24. The van der Waals surface area contributed by atoms with E-state index in [-0.39, 0.29) is 18.1 Å². The number of hydrogen-bond donors (Lipinski definition) is 1. The number of benzene rings is 1. The van der Waals surface area contributed by atoms with Gasteiger partial charge in [-0.2, -0.15) is 0 Å². The first-order valence-electron chi connectivity index (χ1n) is 7.54. The predicted molar refractivity (Wildman–Crippen MR) is 87.8 cm³/mol. The average molecular weight is 325 g/mol. The van der Waals surface area contributed by atoms with E-state index in [4.69, 9.17) is 4.42 Å². The Morgan fingerprint density at radius 1 is 1.21 bits per heavy atom. The summed E-state index contributed by atoms with van der Waals surface area (Å²) < 4.78 is 19.2. The van der Waals surface area contributed by atoms with Crippen molar-refractivity contribution in [3.63, 3.8) is 0 Å². The number of nitrogens with zero attached hydrogens (tertiary/aromatic N) is 2.